The van der Waals surface area contributed by atoms with Crippen LogP contribution in [-0.4, -0.2) is 115 Å². The van der Waals surface area contributed by atoms with Gasteiger partial charge in [0.25, 0.3) is 17.7 Å². The van der Waals surface area contributed by atoms with E-state index in [4.69, 9.17) is 20.9 Å². The van der Waals surface area contributed by atoms with Gasteiger partial charge in [0.15, 0.2) is 23.0 Å². The number of hydrogen-bond acceptors (Lipinski definition) is 16. The standard InChI is InChI=1S/C42H49FN12O10/c1-20(2)30(50-41(63)65-42(4,5)6)35(58)47-21(3)34(57)49-24-13-14-26-27(17-24)38(61)54(37(26)60)15-9-12-28(39(62)64-7)55(36(59)22-10-8-11-23(43)16-22)53-29(56)18-25-19-46-33-31(48-25)32(44)51-40(45)52-33/h8,10-11,13-14,16-17,19-21,28,30H,9,12,15,18H2,1-7H3,(H,47,58)(H,49,57)(H,50,63)(H,53,56)(H4,44,45,46,51,52)/t21-,28-,30-/m0/s1. The van der Waals surface area contributed by atoms with Crippen molar-refractivity contribution in [3.63, 3.8) is 0 Å². The topological polar surface area (TPSA) is 313 Å². The average molecular weight is 901 g/mol. The first kappa shape index (κ1) is 48.2. The third kappa shape index (κ3) is 12.0. The molecule has 0 unspecified atom stereocenters. The number of rotatable bonds is 15. The van der Waals surface area contributed by atoms with Gasteiger partial charge >= 0.3 is 12.1 Å². The molecular weight excluding hydrogens is 852 g/mol. The van der Waals surface area contributed by atoms with Crippen LogP contribution in [0.1, 0.15) is 91.2 Å². The number of amides is 7. The Labute approximate surface area is 371 Å². The lowest BCUT2D eigenvalue weighted by molar-refractivity contribution is -0.148. The number of methoxy groups -OCH3 is 1. The van der Waals surface area contributed by atoms with E-state index in [1.807, 2.05) is 0 Å². The lowest BCUT2D eigenvalue weighted by atomic mass is 10.0. The number of nitrogens with zero attached hydrogens (tertiary/aromatic N) is 6. The SMILES string of the molecule is COC(=O)[C@H](CCCN1C(=O)c2ccc(NC(=O)[C@H](C)NC(=O)[C@@H](NC(=O)OC(C)(C)C)C(C)C)cc2C1=O)N(NC(=O)Cc1cnc2nc(N)nc(N)c2n1)C(=O)c1cccc(F)c1. The first-order valence-corrected chi connectivity index (χ1v) is 20.2. The van der Waals surface area contributed by atoms with Crippen molar-refractivity contribution in [3.8, 4) is 0 Å². The molecule has 7 amide bonds. The molecule has 5 rings (SSSR count). The molecular formula is C42H49FN12O10. The molecule has 0 aliphatic carbocycles. The molecule has 0 saturated carbocycles. The van der Waals surface area contributed by atoms with Crippen molar-refractivity contribution in [3.05, 3.63) is 76.9 Å². The summed E-state index contributed by atoms with van der Waals surface area (Å²) < 4.78 is 24.5. The Bertz CT molecular complexity index is 2550. The van der Waals surface area contributed by atoms with Crippen LogP contribution >= 0.6 is 0 Å². The summed E-state index contributed by atoms with van der Waals surface area (Å²) in [5.74, 6) is -6.93. The molecule has 65 heavy (non-hydrogen) atoms. The predicted molar refractivity (Wildman–Crippen MR) is 229 cm³/mol. The van der Waals surface area contributed by atoms with E-state index < -0.39 is 83.5 Å². The highest BCUT2D eigenvalue weighted by Crippen LogP contribution is 2.27. The zero-order valence-electron chi connectivity index (χ0n) is 36.6. The summed E-state index contributed by atoms with van der Waals surface area (Å²) in [5, 5.41) is 8.36. The molecule has 4 aromatic rings. The maximum Gasteiger partial charge on any atom is 0.408 e. The van der Waals surface area contributed by atoms with Crippen molar-refractivity contribution in [2.24, 2.45) is 5.92 Å². The van der Waals surface area contributed by atoms with E-state index >= 15 is 0 Å². The third-order valence-corrected chi connectivity index (χ3v) is 9.63. The maximum absolute atomic E-state index is 14.3. The fourth-order valence-electron chi connectivity index (χ4n) is 6.53. The van der Waals surface area contributed by atoms with Crippen LogP contribution in [0.5, 0.6) is 0 Å². The van der Waals surface area contributed by atoms with Crippen LogP contribution < -0.4 is 32.8 Å². The zero-order chi connectivity index (χ0) is 47.9. The predicted octanol–water partition coefficient (Wildman–Crippen LogP) is 2.05. The molecule has 2 aromatic carbocycles. The molecule has 0 spiro atoms. The van der Waals surface area contributed by atoms with Crippen LogP contribution in [0.25, 0.3) is 11.2 Å². The minimum Gasteiger partial charge on any atom is -0.467 e. The second-order valence-electron chi connectivity index (χ2n) is 16.2. The number of alkyl carbamates (subject to hydrolysis) is 1. The van der Waals surface area contributed by atoms with E-state index in [1.54, 1.807) is 34.6 Å². The summed E-state index contributed by atoms with van der Waals surface area (Å²) in [4.78, 5) is 123. The molecule has 1 aliphatic rings. The van der Waals surface area contributed by atoms with E-state index in [-0.39, 0.29) is 76.3 Å². The Hall–Kier alpha value is -7.85. The number of carbonyl (C=O) groups is 8. The monoisotopic (exact) mass is 900 g/mol. The van der Waals surface area contributed by atoms with Crippen molar-refractivity contribution >= 4 is 76.1 Å². The number of hydrazine groups is 1. The van der Waals surface area contributed by atoms with Crippen molar-refractivity contribution in [2.45, 2.75) is 84.5 Å². The van der Waals surface area contributed by atoms with Gasteiger partial charge in [0.2, 0.25) is 23.7 Å². The number of halogens is 1. The van der Waals surface area contributed by atoms with Gasteiger partial charge in [-0.1, -0.05) is 19.9 Å². The smallest absolute Gasteiger partial charge is 0.408 e. The molecule has 0 bridgehead atoms. The molecule has 0 fully saturated rings. The first-order valence-electron chi connectivity index (χ1n) is 20.2. The molecule has 0 radical (unpaired) electrons. The zero-order valence-corrected chi connectivity index (χ0v) is 36.6. The van der Waals surface area contributed by atoms with Gasteiger partial charge in [-0.25, -0.2) is 29.0 Å². The summed E-state index contributed by atoms with van der Waals surface area (Å²) in [7, 11) is 1.05. The molecule has 0 saturated heterocycles. The highest BCUT2D eigenvalue weighted by atomic mass is 19.1. The van der Waals surface area contributed by atoms with Crippen molar-refractivity contribution < 1.29 is 52.2 Å². The van der Waals surface area contributed by atoms with Crippen molar-refractivity contribution in [2.75, 3.05) is 30.4 Å². The van der Waals surface area contributed by atoms with E-state index in [0.29, 0.717) is 5.01 Å². The lowest BCUT2D eigenvalue weighted by Crippen LogP contribution is -2.55. The molecule has 2 aromatic heterocycles. The minimum absolute atomic E-state index is 0.0237. The fourth-order valence-corrected chi connectivity index (χ4v) is 6.53. The largest absolute Gasteiger partial charge is 0.467 e. The summed E-state index contributed by atoms with van der Waals surface area (Å²) in [6, 6.07) is 4.87. The fraction of sp³-hybridized carbons (Fsp3) is 0.381. The van der Waals surface area contributed by atoms with Gasteiger partial charge in [-0.05, 0) is 82.9 Å². The van der Waals surface area contributed by atoms with Crippen molar-refractivity contribution in [1.82, 2.24) is 45.9 Å². The van der Waals surface area contributed by atoms with E-state index in [0.717, 1.165) is 24.1 Å². The Morgan fingerprint density at radius 2 is 1.62 bits per heavy atom. The number of esters is 1. The average Bonchev–Trinajstić information content (AvgIpc) is 3.46. The second-order valence-corrected chi connectivity index (χ2v) is 16.2. The molecule has 22 nitrogen and oxygen atoms in total. The Morgan fingerprint density at radius 1 is 0.908 bits per heavy atom. The number of fused-ring (bicyclic) bond motifs is 2. The molecule has 1 aliphatic heterocycles. The van der Waals surface area contributed by atoms with E-state index in [1.165, 1.54) is 43.5 Å². The Morgan fingerprint density at radius 3 is 2.28 bits per heavy atom. The molecule has 8 N–H and O–H groups in total. The Balaban J connectivity index is 1.26. The van der Waals surface area contributed by atoms with Crippen LogP contribution in [-0.2, 0) is 35.1 Å². The minimum atomic E-state index is -1.56. The second kappa shape index (κ2) is 20.1. The number of aromatic nitrogens is 4. The van der Waals surface area contributed by atoms with Crippen LogP contribution in [0, 0.1) is 11.7 Å². The van der Waals surface area contributed by atoms with Gasteiger partial charge in [0.1, 0.15) is 23.5 Å². The number of nitrogen functional groups attached to an aromatic ring is 2. The number of nitrogens with one attached hydrogen (secondary N) is 4. The molecule has 23 heteroatoms. The number of ether oxygens (including phenoxy) is 2. The number of benzene rings is 2. The van der Waals surface area contributed by atoms with Gasteiger partial charge in [-0.15, -0.1) is 0 Å². The first-order chi connectivity index (χ1) is 30.6. The van der Waals surface area contributed by atoms with Crippen LogP contribution in [0.3, 0.4) is 0 Å². The molecule has 344 valence electrons. The quantitative estimate of drug-likeness (QED) is 0.0565. The van der Waals surface area contributed by atoms with E-state index in [9.17, 15) is 42.7 Å². The van der Waals surface area contributed by atoms with Gasteiger partial charge in [-0.3, -0.25) is 39.1 Å². The van der Waals surface area contributed by atoms with Gasteiger partial charge in [-0.2, -0.15) is 9.97 Å². The van der Waals surface area contributed by atoms with Crippen LogP contribution in [0.2, 0.25) is 0 Å². The summed E-state index contributed by atoms with van der Waals surface area (Å²) >= 11 is 0. The van der Waals surface area contributed by atoms with Gasteiger partial charge < -0.3 is 36.9 Å². The summed E-state index contributed by atoms with van der Waals surface area (Å²) in [6.07, 6.45) is -0.456. The molecule has 3 atom stereocenters. The third-order valence-electron chi connectivity index (χ3n) is 9.63. The number of imide groups is 1. The number of hydrogen-bond donors (Lipinski definition) is 6. The van der Waals surface area contributed by atoms with Gasteiger partial charge in [0.05, 0.1) is 36.5 Å². The number of nitrogens with two attached hydrogens (primary N) is 2. The lowest BCUT2D eigenvalue weighted by Gasteiger charge is -2.30. The Kier molecular flexibility index (Phi) is 14.9. The van der Waals surface area contributed by atoms with E-state index in [2.05, 4.69) is 41.3 Å². The maximum atomic E-state index is 14.3. The molecule has 3 heterocycles. The number of carbonyl (C=O) groups excluding carboxylic acids is 8. The number of anilines is 3. The van der Waals surface area contributed by atoms with Crippen LogP contribution in [0.15, 0.2) is 48.7 Å². The van der Waals surface area contributed by atoms with Gasteiger partial charge in [0, 0.05) is 17.8 Å². The van der Waals surface area contributed by atoms with Crippen molar-refractivity contribution in [1.29, 1.82) is 0 Å². The normalized spacial score (nSPS) is 13.6. The van der Waals surface area contributed by atoms with Crippen LogP contribution in [0.4, 0.5) is 26.6 Å². The highest BCUT2D eigenvalue weighted by Gasteiger charge is 2.38. The highest BCUT2D eigenvalue weighted by molar-refractivity contribution is 6.22. The summed E-state index contributed by atoms with van der Waals surface area (Å²) in [6.45, 7) is 9.59. The summed E-state index contributed by atoms with van der Waals surface area (Å²) in [5.41, 5.74) is 13.2.